The summed E-state index contributed by atoms with van der Waals surface area (Å²) in [4.78, 5) is 28.3. The summed E-state index contributed by atoms with van der Waals surface area (Å²) in [5.74, 6) is 0.589. The van der Waals surface area contributed by atoms with Crippen LogP contribution in [-0.2, 0) is 0 Å². The number of benzene rings is 1. The molecule has 0 saturated carbocycles. The van der Waals surface area contributed by atoms with Gasteiger partial charge in [0.1, 0.15) is 17.3 Å². The first kappa shape index (κ1) is 16.2. The zero-order valence-corrected chi connectivity index (χ0v) is 13.7. The average molecular weight is 330 g/mol. The van der Waals surface area contributed by atoms with Crippen LogP contribution in [-0.4, -0.2) is 47.8 Å². The molecule has 3 rings (SSSR count). The quantitative estimate of drug-likeness (QED) is 0.850. The predicted octanol–water partition coefficient (Wildman–Crippen LogP) is 2.63. The van der Waals surface area contributed by atoms with Crippen molar-refractivity contribution in [3.63, 3.8) is 0 Å². The number of aryl methyl sites for hydroxylation is 2. The predicted molar refractivity (Wildman–Crippen MR) is 86.4 cm³/mol. The molecule has 6 heteroatoms. The van der Waals surface area contributed by atoms with Gasteiger partial charge in [-0.05, 0) is 38.1 Å². The highest BCUT2D eigenvalue weighted by molar-refractivity contribution is 5.96. The van der Waals surface area contributed by atoms with Gasteiger partial charge < -0.3 is 14.2 Å². The number of halogens is 1. The Bertz CT molecular complexity index is 776. The highest BCUT2D eigenvalue weighted by Crippen LogP contribution is 2.18. The lowest BCUT2D eigenvalue weighted by Gasteiger charge is -2.34. The molecule has 126 valence electrons. The molecule has 0 unspecified atom stereocenters. The fraction of sp³-hybridized carbons (Fsp3) is 0.333. The highest BCUT2D eigenvalue weighted by atomic mass is 19.1. The van der Waals surface area contributed by atoms with E-state index >= 15 is 0 Å². The van der Waals surface area contributed by atoms with E-state index in [1.807, 2.05) is 0 Å². The molecule has 2 heterocycles. The SMILES string of the molecule is Cc1cc(C(=O)N2CCN(C(=O)c3cccc(F)c3)CC2)c(C)o1. The molecule has 24 heavy (non-hydrogen) atoms. The van der Waals surface area contributed by atoms with E-state index in [0.29, 0.717) is 48.8 Å². The molecule has 1 aliphatic heterocycles. The van der Waals surface area contributed by atoms with Gasteiger partial charge in [-0.2, -0.15) is 0 Å². The van der Waals surface area contributed by atoms with Crippen molar-refractivity contribution in [2.24, 2.45) is 0 Å². The number of nitrogens with zero attached hydrogens (tertiary/aromatic N) is 2. The fourth-order valence-electron chi connectivity index (χ4n) is 2.93. The Morgan fingerprint density at radius 3 is 2.17 bits per heavy atom. The van der Waals surface area contributed by atoms with Crippen molar-refractivity contribution in [2.45, 2.75) is 13.8 Å². The van der Waals surface area contributed by atoms with Gasteiger partial charge in [0.25, 0.3) is 11.8 Å². The lowest BCUT2D eigenvalue weighted by Crippen LogP contribution is -2.50. The maximum atomic E-state index is 13.3. The maximum Gasteiger partial charge on any atom is 0.257 e. The first-order chi connectivity index (χ1) is 11.5. The number of amides is 2. The zero-order valence-electron chi connectivity index (χ0n) is 13.7. The Morgan fingerprint density at radius 1 is 1.00 bits per heavy atom. The van der Waals surface area contributed by atoms with E-state index in [9.17, 15) is 14.0 Å². The van der Waals surface area contributed by atoms with Crippen molar-refractivity contribution in [1.29, 1.82) is 0 Å². The number of rotatable bonds is 2. The molecule has 0 aliphatic carbocycles. The Morgan fingerprint density at radius 2 is 1.62 bits per heavy atom. The van der Waals surface area contributed by atoms with Crippen molar-refractivity contribution in [2.75, 3.05) is 26.2 Å². The van der Waals surface area contributed by atoms with Crippen LogP contribution in [0.4, 0.5) is 4.39 Å². The van der Waals surface area contributed by atoms with Gasteiger partial charge in [0, 0.05) is 31.7 Å². The van der Waals surface area contributed by atoms with E-state index < -0.39 is 5.82 Å². The van der Waals surface area contributed by atoms with Crippen molar-refractivity contribution in [1.82, 2.24) is 9.80 Å². The summed E-state index contributed by atoms with van der Waals surface area (Å²) in [6.45, 7) is 5.32. The molecule has 1 aromatic carbocycles. The smallest absolute Gasteiger partial charge is 0.257 e. The van der Waals surface area contributed by atoms with E-state index in [4.69, 9.17) is 4.42 Å². The maximum absolute atomic E-state index is 13.3. The first-order valence-electron chi connectivity index (χ1n) is 7.87. The molecule has 1 aromatic heterocycles. The van der Waals surface area contributed by atoms with Crippen molar-refractivity contribution in [3.05, 3.63) is 58.8 Å². The fourth-order valence-corrected chi connectivity index (χ4v) is 2.93. The standard InChI is InChI=1S/C18H19FN2O3/c1-12-10-16(13(2)24-12)18(23)21-8-6-20(7-9-21)17(22)14-4-3-5-15(19)11-14/h3-5,10-11H,6-9H2,1-2H3. The van der Waals surface area contributed by atoms with Crippen LogP contribution in [0.2, 0.25) is 0 Å². The van der Waals surface area contributed by atoms with Crippen molar-refractivity contribution in [3.8, 4) is 0 Å². The van der Waals surface area contributed by atoms with Crippen LogP contribution < -0.4 is 0 Å². The second kappa shape index (κ2) is 6.47. The zero-order chi connectivity index (χ0) is 17.3. The van der Waals surface area contributed by atoms with Gasteiger partial charge in [0.2, 0.25) is 0 Å². The number of hydrogen-bond acceptors (Lipinski definition) is 3. The Labute approximate surface area is 139 Å². The minimum Gasteiger partial charge on any atom is -0.466 e. The number of piperazine rings is 1. The molecule has 1 saturated heterocycles. The normalized spacial score (nSPS) is 14.8. The van der Waals surface area contributed by atoms with Crippen LogP contribution in [0, 0.1) is 19.7 Å². The van der Waals surface area contributed by atoms with Crippen LogP contribution in [0.15, 0.2) is 34.7 Å². The molecular weight excluding hydrogens is 311 g/mol. The van der Waals surface area contributed by atoms with Crippen LogP contribution in [0.3, 0.4) is 0 Å². The van der Waals surface area contributed by atoms with Gasteiger partial charge >= 0.3 is 0 Å². The monoisotopic (exact) mass is 330 g/mol. The van der Waals surface area contributed by atoms with Gasteiger partial charge in [-0.3, -0.25) is 9.59 Å². The van der Waals surface area contributed by atoms with Crippen molar-refractivity contribution < 1.29 is 18.4 Å². The first-order valence-corrected chi connectivity index (χ1v) is 7.87. The van der Waals surface area contributed by atoms with Crippen LogP contribution in [0.25, 0.3) is 0 Å². The molecule has 0 atom stereocenters. The molecule has 1 aliphatic rings. The lowest BCUT2D eigenvalue weighted by molar-refractivity contribution is 0.0534. The van der Waals surface area contributed by atoms with E-state index in [0.717, 1.165) is 0 Å². The molecular formula is C18H19FN2O3. The minimum atomic E-state index is -0.430. The number of furan rings is 1. The molecule has 1 fully saturated rings. The van der Waals surface area contributed by atoms with Crippen LogP contribution >= 0.6 is 0 Å². The molecule has 2 aromatic rings. The van der Waals surface area contributed by atoms with Gasteiger partial charge in [-0.15, -0.1) is 0 Å². The van der Waals surface area contributed by atoms with E-state index in [2.05, 4.69) is 0 Å². The summed E-state index contributed by atoms with van der Waals surface area (Å²) in [5, 5.41) is 0. The highest BCUT2D eigenvalue weighted by Gasteiger charge is 2.27. The number of hydrogen-bond donors (Lipinski definition) is 0. The molecule has 0 spiro atoms. The summed E-state index contributed by atoms with van der Waals surface area (Å²) >= 11 is 0. The van der Waals surface area contributed by atoms with Gasteiger partial charge in [-0.25, -0.2) is 4.39 Å². The molecule has 0 bridgehead atoms. The summed E-state index contributed by atoms with van der Waals surface area (Å²) in [6.07, 6.45) is 0. The molecule has 5 nitrogen and oxygen atoms in total. The lowest BCUT2D eigenvalue weighted by atomic mass is 10.1. The largest absolute Gasteiger partial charge is 0.466 e. The second-order valence-electron chi connectivity index (χ2n) is 5.92. The van der Waals surface area contributed by atoms with Gasteiger partial charge in [0.15, 0.2) is 0 Å². The minimum absolute atomic E-state index is 0.0813. The third-order valence-electron chi connectivity index (χ3n) is 4.20. The Hall–Kier alpha value is -2.63. The third-order valence-corrected chi connectivity index (χ3v) is 4.20. The molecule has 2 amide bonds. The van der Waals surface area contributed by atoms with Gasteiger partial charge in [0.05, 0.1) is 5.56 Å². The third kappa shape index (κ3) is 3.18. The van der Waals surface area contributed by atoms with E-state index in [1.54, 1.807) is 35.8 Å². The Kier molecular flexibility index (Phi) is 4.38. The molecule has 0 N–H and O–H groups in total. The summed E-state index contributed by atoms with van der Waals surface area (Å²) in [5.41, 5.74) is 0.897. The summed E-state index contributed by atoms with van der Waals surface area (Å²) < 4.78 is 18.7. The van der Waals surface area contributed by atoms with Crippen LogP contribution in [0.1, 0.15) is 32.2 Å². The Balaban J connectivity index is 1.64. The van der Waals surface area contributed by atoms with E-state index in [-0.39, 0.29) is 11.8 Å². The van der Waals surface area contributed by atoms with Crippen molar-refractivity contribution >= 4 is 11.8 Å². The number of carbonyl (C=O) groups is 2. The summed E-state index contributed by atoms with van der Waals surface area (Å²) in [6, 6.07) is 7.40. The van der Waals surface area contributed by atoms with E-state index in [1.165, 1.54) is 18.2 Å². The second-order valence-corrected chi connectivity index (χ2v) is 5.92. The average Bonchev–Trinajstić information content (AvgIpc) is 2.92. The molecule has 0 radical (unpaired) electrons. The van der Waals surface area contributed by atoms with Gasteiger partial charge in [-0.1, -0.05) is 6.07 Å². The number of carbonyl (C=O) groups excluding carboxylic acids is 2. The van der Waals surface area contributed by atoms with Crippen LogP contribution in [0.5, 0.6) is 0 Å². The summed E-state index contributed by atoms with van der Waals surface area (Å²) in [7, 11) is 0. The topological polar surface area (TPSA) is 53.8 Å².